The maximum absolute atomic E-state index is 6.22. The van der Waals surface area contributed by atoms with Gasteiger partial charge in [0.25, 0.3) is 0 Å². The minimum absolute atomic E-state index is 0.251. The molecular formula is C18H35NOS. The lowest BCUT2D eigenvalue weighted by Gasteiger charge is -2.42. The van der Waals surface area contributed by atoms with Crippen LogP contribution in [0.4, 0.5) is 0 Å². The van der Waals surface area contributed by atoms with Gasteiger partial charge >= 0.3 is 0 Å². The number of hydrogen-bond donors (Lipinski definition) is 1. The summed E-state index contributed by atoms with van der Waals surface area (Å²) < 4.78 is 6.59. The maximum Gasteiger partial charge on any atom is 0.0685 e. The second kappa shape index (κ2) is 7.70. The molecule has 0 aromatic carbocycles. The van der Waals surface area contributed by atoms with Gasteiger partial charge in [0.15, 0.2) is 0 Å². The molecule has 0 radical (unpaired) electrons. The van der Waals surface area contributed by atoms with Crippen molar-refractivity contribution in [2.45, 2.75) is 89.0 Å². The molecule has 2 rings (SSSR count). The monoisotopic (exact) mass is 313 g/mol. The van der Waals surface area contributed by atoms with Gasteiger partial charge in [-0.05, 0) is 44.6 Å². The zero-order chi connectivity index (χ0) is 15.3. The van der Waals surface area contributed by atoms with E-state index in [9.17, 15) is 0 Å². The predicted molar refractivity (Wildman–Crippen MR) is 94.2 cm³/mol. The molecule has 1 saturated heterocycles. The van der Waals surface area contributed by atoms with Gasteiger partial charge in [-0.1, -0.05) is 40.5 Å². The molecular weight excluding hydrogens is 278 g/mol. The summed E-state index contributed by atoms with van der Waals surface area (Å²) in [5, 5.41) is 3.84. The van der Waals surface area contributed by atoms with Crippen LogP contribution in [0.15, 0.2) is 0 Å². The summed E-state index contributed by atoms with van der Waals surface area (Å²) in [5.74, 6) is 2.04. The molecule has 2 aliphatic rings. The summed E-state index contributed by atoms with van der Waals surface area (Å²) in [4.78, 5) is 0. The SMILES string of the molecule is CCCNC(CSC(C)(C)C)C1CCOC2(CCCC2)C1. The summed E-state index contributed by atoms with van der Waals surface area (Å²) in [6.45, 7) is 11.4. The lowest BCUT2D eigenvalue weighted by molar-refractivity contribution is -0.0967. The molecule has 0 aromatic rings. The Hall–Kier alpha value is 0.270. The van der Waals surface area contributed by atoms with Gasteiger partial charge in [0.1, 0.15) is 0 Å². The number of nitrogens with one attached hydrogen (secondary N) is 1. The van der Waals surface area contributed by atoms with Crippen molar-refractivity contribution in [2.24, 2.45) is 5.92 Å². The third-order valence-corrected chi connectivity index (χ3v) is 6.36. The average Bonchev–Trinajstić information content (AvgIpc) is 2.85. The van der Waals surface area contributed by atoms with Crippen LogP contribution in [0.2, 0.25) is 0 Å². The van der Waals surface area contributed by atoms with Crippen LogP contribution in [0.1, 0.15) is 72.6 Å². The van der Waals surface area contributed by atoms with Crippen LogP contribution in [-0.2, 0) is 4.74 Å². The van der Waals surface area contributed by atoms with Gasteiger partial charge in [0.2, 0.25) is 0 Å². The highest BCUT2D eigenvalue weighted by atomic mass is 32.2. The van der Waals surface area contributed by atoms with Gasteiger partial charge in [-0.15, -0.1) is 0 Å². The van der Waals surface area contributed by atoms with Crippen molar-refractivity contribution in [3.63, 3.8) is 0 Å². The van der Waals surface area contributed by atoms with E-state index in [0.717, 1.165) is 19.1 Å². The average molecular weight is 314 g/mol. The summed E-state index contributed by atoms with van der Waals surface area (Å²) in [6, 6.07) is 0.663. The Kier molecular flexibility index (Phi) is 6.46. The fourth-order valence-electron chi connectivity index (χ4n) is 3.81. The Bertz CT molecular complexity index is 307. The Balaban J connectivity index is 1.94. The van der Waals surface area contributed by atoms with Crippen LogP contribution in [-0.4, -0.2) is 35.3 Å². The third kappa shape index (κ3) is 5.44. The summed E-state index contributed by atoms with van der Waals surface area (Å²) >= 11 is 2.11. The van der Waals surface area contributed by atoms with E-state index in [1.807, 2.05) is 0 Å². The van der Waals surface area contributed by atoms with Crippen LogP contribution in [0.25, 0.3) is 0 Å². The van der Waals surface area contributed by atoms with E-state index in [0.29, 0.717) is 10.8 Å². The van der Waals surface area contributed by atoms with Crippen molar-refractivity contribution in [3.05, 3.63) is 0 Å². The van der Waals surface area contributed by atoms with Crippen molar-refractivity contribution in [3.8, 4) is 0 Å². The molecule has 0 aromatic heterocycles. The molecule has 3 heteroatoms. The Labute approximate surface area is 136 Å². The lowest BCUT2D eigenvalue weighted by atomic mass is 9.81. The van der Waals surface area contributed by atoms with Crippen LogP contribution in [0.5, 0.6) is 0 Å². The van der Waals surface area contributed by atoms with Crippen molar-refractivity contribution in [2.75, 3.05) is 18.9 Å². The quantitative estimate of drug-likeness (QED) is 0.773. The van der Waals surface area contributed by atoms with Crippen molar-refractivity contribution < 1.29 is 4.74 Å². The highest BCUT2D eigenvalue weighted by Gasteiger charge is 2.41. The molecule has 2 fully saturated rings. The van der Waals surface area contributed by atoms with E-state index in [1.54, 1.807) is 0 Å². The molecule has 2 nitrogen and oxygen atoms in total. The summed E-state index contributed by atoms with van der Waals surface area (Å²) in [5.41, 5.74) is 0.251. The van der Waals surface area contributed by atoms with Gasteiger partial charge in [-0.2, -0.15) is 11.8 Å². The first-order valence-corrected chi connectivity index (χ1v) is 9.94. The molecule has 2 atom stereocenters. The molecule has 0 bridgehead atoms. The Morgan fingerprint density at radius 2 is 2.00 bits per heavy atom. The normalized spacial score (nSPS) is 27.1. The van der Waals surface area contributed by atoms with E-state index >= 15 is 0 Å². The predicted octanol–water partition coefficient (Wildman–Crippen LogP) is 4.63. The largest absolute Gasteiger partial charge is 0.375 e. The van der Waals surface area contributed by atoms with Crippen LogP contribution in [0, 0.1) is 5.92 Å². The van der Waals surface area contributed by atoms with E-state index in [1.165, 1.54) is 50.7 Å². The van der Waals surface area contributed by atoms with Gasteiger partial charge in [0, 0.05) is 23.1 Å². The molecule has 1 aliphatic carbocycles. The first-order valence-electron chi connectivity index (χ1n) is 8.95. The van der Waals surface area contributed by atoms with E-state index in [4.69, 9.17) is 4.74 Å². The molecule has 0 amide bonds. The van der Waals surface area contributed by atoms with Crippen molar-refractivity contribution in [1.82, 2.24) is 5.32 Å². The summed E-state index contributed by atoms with van der Waals surface area (Å²) in [6.07, 6.45) is 9.11. The lowest BCUT2D eigenvalue weighted by Crippen LogP contribution is -2.47. The smallest absolute Gasteiger partial charge is 0.0685 e. The number of ether oxygens (including phenoxy) is 1. The molecule has 2 unspecified atom stereocenters. The minimum Gasteiger partial charge on any atom is -0.375 e. The first-order chi connectivity index (χ1) is 9.94. The van der Waals surface area contributed by atoms with Crippen LogP contribution in [0.3, 0.4) is 0 Å². The zero-order valence-electron chi connectivity index (χ0n) is 14.5. The number of rotatable bonds is 6. The Morgan fingerprint density at radius 1 is 1.29 bits per heavy atom. The van der Waals surface area contributed by atoms with E-state index in [2.05, 4.69) is 44.8 Å². The molecule has 124 valence electrons. The molecule has 1 saturated carbocycles. The number of hydrogen-bond acceptors (Lipinski definition) is 3. The fraction of sp³-hybridized carbons (Fsp3) is 1.00. The highest BCUT2D eigenvalue weighted by molar-refractivity contribution is 8.00. The zero-order valence-corrected chi connectivity index (χ0v) is 15.4. The molecule has 21 heavy (non-hydrogen) atoms. The van der Waals surface area contributed by atoms with Crippen LogP contribution >= 0.6 is 11.8 Å². The topological polar surface area (TPSA) is 21.3 Å². The first kappa shape index (κ1) is 17.6. The minimum atomic E-state index is 0.251. The van der Waals surface area contributed by atoms with E-state index < -0.39 is 0 Å². The second-order valence-electron chi connectivity index (χ2n) is 7.98. The second-order valence-corrected chi connectivity index (χ2v) is 9.82. The molecule has 1 spiro atoms. The van der Waals surface area contributed by atoms with Crippen LogP contribution < -0.4 is 5.32 Å². The third-order valence-electron chi connectivity index (χ3n) is 4.97. The molecule has 1 heterocycles. The highest BCUT2D eigenvalue weighted by Crippen LogP contribution is 2.43. The molecule has 1 N–H and O–H groups in total. The van der Waals surface area contributed by atoms with Gasteiger partial charge < -0.3 is 10.1 Å². The summed E-state index contributed by atoms with van der Waals surface area (Å²) in [7, 11) is 0. The van der Waals surface area contributed by atoms with Crippen molar-refractivity contribution >= 4 is 11.8 Å². The Morgan fingerprint density at radius 3 is 2.62 bits per heavy atom. The standard InChI is InChI=1S/C18H35NOS/c1-5-11-19-16(14-21-17(2,3)4)15-8-12-20-18(13-15)9-6-7-10-18/h15-16,19H,5-14H2,1-4H3. The van der Waals surface area contributed by atoms with Crippen molar-refractivity contribution in [1.29, 1.82) is 0 Å². The van der Waals surface area contributed by atoms with Gasteiger partial charge in [0.05, 0.1) is 5.60 Å². The van der Waals surface area contributed by atoms with Gasteiger partial charge in [-0.25, -0.2) is 0 Å². The maximum atomic E-state index is 6.22. The fourth-order valence-corrected chi connectivity index (χ4v) is 4.88. The number of thioether (sulfide) groups is 1. The van der Waals surface area contributed by atoms with Gasteiger partial charge in [-0.3, -0.25) is 0 Å². The molecule has 1 aliphatic heterocycles. The van der Waals surface area contributed by atoms with E-state index in [-0.39, 0.29) is 5.60 Å².